The van der Waals surface area contributed by atoms with Crippen molar-refractivity contribution in [1.29, 1.82) is 0 Å². The zero-order valence-corrected chi connectivity index (χ0v) is 17.0. The van der Waals surface area contributed by atoms with Crippen LogP contribution >= 0.6 is 0 Å². The summed E-state index contributed by atoms with van der Waals surface area (Å²) in [6.07, 6.45) is 0.624. The van der Waals surface area contributed by atoms with Crippen LogP contribution in [0.15, 0.2) is 53.4 Å². The second-order valence-corrected chi connectivity index (χ2v) is 8.68. The molecule has 1 aromatic heterocycles. The Morgan fingerprint density at radius 1 is 1.20 bits per heavy atom. The number of carbonyl (C=O) groups excluding carboxylic acids is 1. The summed E-state index contributed by atoms with van der Waals surface area (Å²) in [5, 5.41) is 12.4. The van der Waals surface area contributed by atoms with Crippen molar-refractivity contribution >= 4 is 27.4 Å². The fourth-order valence-corrected chi connectivity index (χ4v) is 4.08. The number of aryl methyl sites for hydroxylation is 1. The highest BCUT2D eigenvalue weighted by Gasteiger charge is 2.23. The first kappa shape index (κ1) is 20.0. The zero-order valence-electron chi connectivity index (χ0n) is 16.2. The van der Waals surface area contributed by atoms with E-state index in [1.807, 2.05) is 4.90 Å². The van der Waals surface area contributed by atoms with Gasteiger partial charge < -0.3 is 10.2 Å². The van der Waals surface area contributed by atoms with Crippen molar-refractivity contribution in [3.8, 4) is 5.69 Å². The lowest BCUT2D eigenvalue weighted by atomic mass is 10.2. The predicted molar refractivity (Wildman–Crippen MR) is 111 cm³/mol. The Morgan fingerprint density at radius 3 is 2.63 bits per heavy atom. The van der Waals surface area contributed by atoms with E-state index >= 15 is 0 Å². The molecule has 10 heteroatoms. The number of fused-ring (bicyclic) bond motifs is 1. The molecule has 0 fully saturated rings. The van der Waals surface area contributed by atoms with Crippen LogP contribution in [0.3, 0.4) is 0 Å². The number of aromatic nitrogens is 2. The number of sulfonamides is 1. The predicted octanol–water partition coefficient (Wildman–Crippen LogP) is 1.97. The Morgan fingerprint density at radius 2 is 1.93 bits per heavy atom. The monoisotopic (exact) mass is 429 g/mol. The molecule has 2 aromatic carbocycles. The lowest BCUT2D eigenvalue weighted by Crippen LogP contribution is -2.32. The summed E-state index contributed by atoms with van der Waals surface area (Å²) in [6.45, 7) is 2.48. The van der Waals surface area contributed by atoms with Crippen molar-refractivity contribution in [2.24, 2.45) is 5.14 Å². The Hall–Kier alpha value is -3.24. The van der Waals surface area contributed by atoms with Crippen LogP contribution in [0.5, 0.6) is 0 Å². The molecule has 8 nitrogen and oxygen atoms in total. The molecule has 0 saturated heterocycles. The summed E-state index contributed by atoms with van der Waals surface area (Å²) in [5.41, 5.74) is 2.97. The number of primary sulfonamides is 1. The summed E-state index contributed by atoms with van der Waals surface area (Å²) < 4.78 is 37.8. The van der Waals surface area contributed by atoms with E-state index in [-0.39, 0.29) is 23.2 Å². The van der Waals surface area contributed by atoms with E-state index < -0.39 is 10.0 Å². The maximum atomic E-state index is 13.2. The van der Waals surface area contributed by atoms with Crippen LogP contribution in [-0.2, 0) is 21.2 Å². The molecular weight excluding hydrogens is 409 g/mol. The number of carbonyl (C=O) groups is 1. The lowest BCUT2D eigenvalue weighted by molar-refractivity contribution is -0.115. The summed E-state index contributed by atoms with van der Waals surface area (Å²) in [4.78, 5) is 14.6. The average molecular weight is 429 g/mol. The summed E-state index contributed by atoms with van der Waals surface area (Å²) in [6, 6.07) is 12.2. The molecule has 3 aromatic rings. The van der Waals surface area contributed by atoms with E-state index in [9.17, 15) is 17.6 Å². The molecule has 0 spiro atoms. The van der Waals surface area contributed by atoms with Gasteiger partial charge in [0, 0.05) is 18.3 Å². The molecule has 0 bridgehead atoms. The number of hydrogen-bond acceptors (Lipinski definition) is 5. The number of benzene rings is 2. The van der Waals surface area contributed by atoms with Crippen LogP contribution in [0.2, 0.25) is 0 Å². The molecule has 1 aliphatic rings. The van der Waals surface area contributed by atoms with Gasteiger partial charge in [0.05, 0.1) is 22.8 Å². The highest BCUT2D eigenvalue weighted by Crippen LogP contribution is 2.29. The summed E-state index contributed by atoms with van der Waals surface area (Å²) in [5.74, 6) is -0.124. The number of rotatable bonds is 5. The number of nitrogens with one attached hydrogen (secondary N) is 1. The van der Waals surface area contributed by atoms with E-state index in [4.69, 9.17) is 5.14 Å². The molecule has 0 saturated carbocycles. The van der Waals surface area contributed by atoms with Gasteiger partial charge in [-0.05, 0) is 61.4 Å². The van der Waals surface area contributed by atoms with E-state index in [1.165, 1.54) is 18.2 Å². The number of anilines is 2. The van der Waals surface area contributed by atoms with Crippen molar-refractivity contribution in [2.45, 2.75) is 18.2 Å². The molecular formula is C20H20FN5O3S. The lowest BCUT2D eigenvalue weighted by Gasteiger charge is -2.19. The molecule has 30 heavy (non-hydrogen) atoms. The van der Waals surface area contributed by atoms with Gasteiger partial charge in [-0.2, -0.15) is 5.10 Å². The Bertz CT molecular complexity index is 1220. The van der Waals surface area contributed by atoms with E-state index in [2.05, 4.69) is 10.4 Å². The van der Waals surface area contributed by atoms with Gasteiger partial charge in [-0.3, -0.25) is 4.79 Å². The molecule has 0 aliphatic carbocycles. The Labute approximate surface area is 173 Å². The maximum Gasteiger partial charge on any atom is 0.245 e. The third kappa shape index (κ3) is 4.05. The van der Waals surface area contributed by atoms with Crippen LogP contribution in [0, 0.1) is 12.7 Å². The average Bonchev–Trinajstić information content (AvgIpc) is 3.24. The smallest absolute Gasteiger partial charge is 0.245 e. The SMILES string of the molecule is Cc1cc(NC(=O)CN2CCc3cc(S(N)(=O)=O)ccc32)n(-c2ccc(F)cc2)n1. The fraction of sp³-hybridized carbons (Fsp3) is 0.200. The van der Waals surface area contributed by atoms with E-state index in [0.717, 1.165) is 11.3 Å². The second-order valence-electron chi connectivity index (χ2n) is 7.11. The molecule has 1 aliphatic heterocycles. The second kappa shape index (κ2) is 7.54. The van der Waals surface area contributed by atoms with E-state index in [0.29, 0.717) is 30.2 Å². The van der Waals surface area contributed by atoms with Gasteiger partial charge in [-0.25, -0.2) is 22.6 Å². The maximum absolute atomic E-state index is 13.2. The number of hydrogen-bond donors (Lipinski definition) is 2. The molecule has 0 unspecified atom stereocenters. The molecule has 2 heterocycles. The quantitative estimate of drug-likeness (QED) is 0.644. The molecule has 3 N–H and O–H groups in total. The minimum Gasteiger partial charge on any atom is -0.362 e. The Kier molecular flexibility index (Phi) is 5.04. The van der Waals surface area contributed by atoms with Crippen molar-refractivity contribution in [3.05, 3.63) is 65.6 Å². The van der Waals surface area contributed by atoms with Crippen LogP contribution in [0.4, 0.5) is 15.9 Å². The highest BCUT2D eigenvalue weighted by atomic mass is 32.2. The normalized spacial score (nSPS) is 13.4. The molecule has 0 radical (unpaired) electrons. The van der Waals surface area contributed by atoms with Gasteiger partial charge in [0.2, 0.25) is 15.9 Å². The van der Waals surface area contributed by atoms with Gasteiger partial charge in [0.25, 0.3) is 0 Å². The van der Waals surface area contributed by atoms with Crippen molar-refractivity contribution in [3.63, 3.8) is 0 Å². The number of nitrogens with zero attached hydrogens (tertiary/aromatic N) is 3. The Balaban J connectivity index is 1.50. The third-order valence-electron chi connectivity index (χ3n) is 4.88. The van der Waals surface area contributed by atoms with Gasteiger partial charge >= 0.3 is 0 Å². The minimum absolute atomic E-state index is 0.0613. The van der Waals surface area contributed by atoms with Gasteiger partial charge in [-0.1, -0.05) is 0 Å². The minimum atomic E-state index is -3.77. The van der Waals surface area contributed by atoms with Gasteiger partial charge in [-0.15, -0.1) is 0 Å². The van der Waals surface area contributed by atoms with Gasteiger partial charge in [0.1, 0.15) is 11.6 Å². The first-order valence-corrected chi connectivity index (χ1v) is 10.8. The van der Waals surface area contributed by atoms with Crippen LogP contribution in [0.1, 0.15) is 11.3 Å². The van der Waals surface area contributed by atoms with E-state index in [1.54, 1.807) is 41.9 Å². The highest BCUT2D eigenvalue weighted by molar-refractivity contribution is 7.89. The number of halogens is 1. The summed E-state index contributed by atoms with van der Waals surface area (Å²) >= 11 is 0. The zero-order chi connectivity index (χ0) is 21.5. The summed E-state index contributed by atoms with van der Waals surface area (Å²) in [7, 11) is -3.77. The first-order valence-electron chi connectivity index (χ1n) is 9.24. The van der Waals surface area contributed by atoms with Crippen LogP contribution < -0.4 is 15.4 Å². The third-order valence-corrected chi connectivity index (χ3v) is 5.79. The molecule has 4 rings (SSSR count). The number of amides is 1. The molecule has 1 amide bonds. The topological polar surface area (TPSA) is 110 Å². The van der Waals surface area contributed by atoms with Crippen molar-refractivity contribution in [1.82, 2.24) is 9.78 Å². The van der Waals surface area contributed by atoms with Crippen molar-refractivity contribution in [2.75, 3.05) is 23.3 Å². The molecule has 0 atom stereocenters. The van der Waals surface area contributed by atoms with Gasteiger partial charge in [0.15, 0.2) is 0 Å². The van der Waals surface area contributed by atoms with Crippen LogP contribution in [0.25, 0.3) is 5.69 Å². The largest absolute Gasteiger partial charge is 0.362 e. The first-order chi connectivity index (χ1) is 14.2. The standard InChI is InChI=1S/C20H20FN5O3S/c1-13-10-19(26(24-13)16-4-2-15(21)3-5-16)23-20(27)12-25-9-8-14-11-17(30(22,28)29)6-7-18(14)25/h2-7,10-11H,8-9,12H2,1H3,(H,23,27)(H2,22,28,29). The number of nitrogens with two attached hydrogens (primary N) is 1. The van der Waals surface area contributed by atoms with Crippen molar-refractivity contribution < 1.29 is 17.6 Å². The van der Waals surface area contributed by atoms with Crippen LogP contribution in [-0.4, -0.2) is 37.2 Å². The molecule has 156 valence electrons. The fourth-order valence-electron chi connectivity index (χ4n) is 3.51.